The first kappa shape index (κ1) is 19.8. The molecule has 0 unspecified atom stereocenters. The molecule has 0 aromatic heterocycles. The second-order valence-electron chi connectivity index (χ2n) is 8.33. The van der Waals surface area contributed by atoms with Crippen LogP contribution in [-0.4, -0.2) is 41.9 Å². The zero-order valence-corrected chi connectivity index (χ0v) is 17.4. The van der Waals surface area contributed by atoms with Gasteiger partial charge in [-0.05, 0) is 63.1 Å². The lowest BCUT2D eigenvalue weighted by atomic mass is 9.78. The Morgan fingerprint density at radius 1 is 1.19 bits per heavy atom. The molecule has 0 aliphatic carbocycles. The highest BCUT2D eigenvalue weighted by Crippen LogP contribution is 2.55. The predicted octanol–water partition coefficient (Wildman–Crippen LogP) is 3.13. The molecule has 0 radical (unpaired) electrons. The maximum atomic E-state index is 13.5. The summed E-state index contributed by atoms with van der Waals surface area (Å²) in [5.41, 5.74) is 1.74. The summed E-state index contributed by atoms with van der Waals surface area (Å²) >= 11 is 0. The lowest BCUT2D eigenvalue weighted by Crippen LogP contribution is -2.53. The highest BCUT2D eigenvalue weighted by molar-refractivity contribution is 6.10. The highest BCUT2D eigenvalue weighted by atomic mass is 16.5. The van der Waals surface area contributed by atoms with Gasteiger partial charge < -0.3 is 15.4 Å². The van der Waals surface area contributed by atoms with Crippen LogP contribution in [0.25, 0.3) is 0 Å². The molecule has 3 atom stereocenters. The molecule has 2 aromatic rings. The number of anilines is 2. The number of rotatable bonds is 4. The molecule has 2 N–H and O–H groups in total. The molecular formula is C24H25N3O4. The van der Waals surface area contributed by atoms with Crippen molar-refractivity contribution in [2.45, 2.75) is 37.8 Å². The monoisotopic (exact) mass is 419 g/mol. The van der Waals surface area contributed by atoms with Gasteiger partial charge in [-0.2, -0.15) is 0 Å². The summed E-state index contributed by atoms with van der Waals surface area (Å²) in [6, 6.07) is 14.5. The van der Waals surface area contributed by atoms with Crippen molar-refractivity contribution in [1.29, 1.82) is 0 Å². The van der Waals surface area contributed by atoms with Crippen molar-refractivity contribution >= 4 is 29.2 Å². The number of esters is 1. The number of hydrogen-bond acceptors (Lipinski definition) is 5. The van der Waals surface area contributed by atoms with Crippen LogP contribution in [0.2, 0.25) is 0 Å². The van der Waals surface area contributed by atoms with Crippen LogP contribution in [0, 0.1) is 5.92 Å². The van der Waals surface area contributed by atoms with E-state index in [2.05, 4.69) is 15.5 Å². The SMILES string of the molecule is CCOC(=O)c1ccc(NC(=O)[C@@H]2C[C@@H]3CCCN3[C@@]23C(=O)Nc2ccccc23)cc1. The van der Waals surface area contributed by atoms with E-state index >= 15 is 0 Å². The molecule has 3 aliphatic heterocycles. The quantitative estimate of drug-likeness (QED) is 0.744. The van der Waals surface area contributed by atoms with Gasteiger partial charge in [0.25, 0.3) is 0 Å². The number of carbonyl (C=O) groups excluding carboxylic acids is 3. The number of carbonyl (C=O) groups is 3. The van der Waals surface area contributed by atoms with Gasteiger partial charge in [-0.15, -0.1) is 0 Å². The average Bonchev–Trinajstić information content (AvgIpc) is 3.43. The molecule has 2 amide bonds. The van der Waals surface area contributed by atoms with Crippen LogP contribution in [0.15, 0.2) is 48.5 Å². The first-order chi connectivity index (χ1) is 15.1. The molecule has 1 spiro atoms. The lowest BCUT2D eigenvalue weighted by molar-refractivity contribution is -0.135. The molecule has 2 fully saturated rings. The lowest BCUT2D eigenvalue weighted by Gasteiger charge is -2.36. The van der Waals surface area contributed by atoms with Crippen molar-refractivity contribution in [2.24, 2.45) is 5.92 Å². The van der Waals surface area contributed by atoms with Gasteiger partial charge in [0.1, 0.15) is 5.54 Å². The number of ether oxygens (including phenoxy) is 1. The van der Waals surface area contributed by atoms with Gasteiger partial charge in [0.15, 0.2) is 0 Å². The molecule has 3 aliphatic rings. The van der Waals surface area contributed by atoms with E-state index in [1.54, 1.807) is 31.2 Å². The molecule has 2 saturated heterocycles. The van der Waals surface area contributed by atoms with Gasteiger partial charge in [0, 0.05) is 23.0 Å². The summed E-state index contributed by atoms with van der Waals surface area (Å²) in [4.78, 5) is 40.9. The van der Waals surface area contributed by atoms with Crippen molar-refractivity contribution in [3.8, 4) is 0 Å². The number of fused-ring (bicyclic) bond motifs is 4. The first-order valence-corrected chi connectivity index (χ1v) is 10.8. The van der Waals surface area contributed by atoms with E-state index in [1.165, 1.54) is 0 Å². The molecule has 0 saturated carbocycles. The number of benzene rings is 2. The average molecular weight is 419 g/mol. The Kier molecular flexibility index (Phi) is 4.78. The Morgan fingerprint density at radius 2 is 1.97 bits per heavy atom. The molecule has 160 valence electrons. The van der Waals surface area contributed by atoms with E-state index in [4.69, 9.17) is 4.74 Å². The van der Waals surface area contributed by atoms with Crippen molar-refractivity contribution < 1.29 is 19.1 Å². The maximum Gasteiger partial charge on any atom is 0.338 e. The van der Waals surface area contributed by atoms with E-state index in [0.29, 0.717) is 24.3 Å². The van der Waals surface area contributed by atoms with Crippen LogP contribution in [0.1, 0.15) is 42.1 Å². The third kappa shape index (κ3) is 2.95. The molecule has 5 rings (SSSR count). The molecular weight excluding hydrogens is 394 g/mol. The number of para-hydroxylation sites is 1. The Labute approximate surface area is 180 Å². The van der Waals surface area contributed by atoms with Crippen LogP contribution in [0.4, 0.5) is 11.4 Å². The molecule has 0 bridgehead atoms. The Bertz CT molecular complexity index is 1050. The number of amides is 2. The fourth-order valence-electron chi connectivity index (χ4n) is 5.51. The minimum atomic E-state index is -0.966. The van der Waals surface area contributed by atoms with Crippen LogP contribution in [0.5, 0.6) is 0 Å². The highest BCUT2D eigenvalue weighted by Gasteiger charge is 2.65. The molecule has 2 aromatic carbocycles. The maximum absolute atomic E-state index is 13.5. The summed E-state index contributed by atoms with van der Waals surface area (Å²) in [5, 5.41) is 5.99. The smallest absolute Gasteiger partial charge is 0.338 e. The van der Waals surface area contributed by atoms with Gasteiger partial charge in [0.2, 0.25) is 11.8 Å². The van der Waals surface area contributed by atoms with Gasteiger partial charge in [-0.1, -0.05) is 18.2 Å². The van der Waals surface area contributed by atoms with Crippen LogP contribution in [0.3, 0.4) is 0 Å². The molecule has 7 heteroatoms. The number of hydrogen-bond donors (Lipinski definition) is 2. The standard InChI is InChI=1S/C24H25N3O4/c1-2-31-22(29)15-9-11-16(12-10-15)25-21(28)19-14-17-6-5-13-27(17)24(19)18-7-3-4-8-20(18)26-23(24)30/h3-4,7-12,17,19H,2,5-6,13-14H2,1H3,(H,25,28)(H,26,30)/t17-,19-,24+/m0/s1. The Hall–Kier alpha value is -3.19. The summed E-state index contributed by atoms with van der Waals surface area (Å²) in [7, 11) is 0. The Balaban J connectivity index is 1.45. The van der Waals surface area contributed by atoms with Gasteiger partial charge in [-0.25, -0.2) is 4.79 Å². The van der Waals surface area contributed by atoms with E-state index in [-0.39, 0.29) is 17.9 Å². The molecule has 3 heterocycles. The summed E-state index contributed by atoms with van der Waals surface area (Å²) in [6.07, 6.45) is 2.68. The third-order valence-corrected chi connectivity index (χ3v) is 6.75. The fraction of sp³-hybridized carbons (Fsp3) is 0.375. The second kappa shape index (κ2) is 7.50. The Morgan fingerprint density at radius 3 is 2.74 bits per heavy atom. The van der Waals surface area contributed by atoms with Crippen molar-refractivity contribution in [3.63, 3.8) is 0 Å². The van der Waals surface area contributed by atoms with Gasteiger partial charge in [-0.3, -0.25) is 14.5 Å². The number of nitrogens with one attached hydrogen (secondary N) is 2. The van der Waals surface area contributed by atoms with E-state index in [0.717, 1.165) is 30.6 Å². The van der Waals surface area contributed by atoms with Crippen LogP contribution < -0.4 is 10.6 Å². The minimum Gasteiger partial charge on any atom is -0.462 e. The topological polar surface area (TPSA) is 87.7 Å². The van der Waals surface area contributed by atoms with E-state index in [9.17, 15) is 14.4 Å². The van der Waals surface area contributed by atoms with Crippen molar-refractivity contribution in [1.82, 2.24) is 4.90 Å². The third-order valence-electron chi connectivity index (χ3n) is 6.75. The van der Waals surface area contributed by atoms with Crippen molar-refractivity contribution in [2.75, 3.05) is 23.8 Å². The zero-order chi connectivity index (χ0) is 21.6. The van der Waals surface area contributed by atoms with Crippen LogP contribution >= 0.6 is 0 Å². The summed E-state index contributed by atoms with van der Waals surface area (Å²) in [5.74, 6) is -1.18. The first-order valence-electron chi connectivity index (χ1n) is 10.8. The van der Waals surface area contributed by atoms with Gasteiger partial charge in [0.05, 0.1) is 18.1 Å². The summed E-state index contributed by atoms with van der Waals surface area (Å²) < 4.78 is 5.00. The van der Waals surface area contributed by atoms with Crippen molar-refractivity contribution in [3.05, 3.63) is 59.7 Å². The largest absolute Gasteiger partial charge is 0.462 e. The number of nitrogens with zero attached hydrogens (tertiary/aromatic N) is 1. The minimum absolute atomic E-state index is 0.115. The van der Waals surface area contributed by atoms with Crippen LogP contribution in [-0.2, 0) is 19.9 Å². The summed E-state index contributed by atoms with van der Waals surface area (Å²) in [6.45, 7) is 2.87. The molecule has 7 nitrogen and oxygen atoms in total. The normalized spacial score (nSPS) is 26.4. The van der Waals surface area contributed by atoms with Gasteiger partial charge >= 0.3 is 5.97 Å². The van der Waals surface area contributed by atoms with E-state index < -0.39 is 17.4 Å². The second-order valence-corrected chi connectivity index (χ2v) is 8.33. The van der Waals surface area contributed by atoms with E-state index in [1.807, 2.05) is 24.3 Å². The predicted molar refractivity (Wildman–Crippen MR) is 116 cm³/mol. The molecule has 31 heavy (non-hydrogen) atoms. The fourth-order valence-corrected chi connectivity index (χ4v) is 5.51. The zero-order valence-electron chi connectivity index (χ0n) is 17.4.